The van der Waals surface area contributed by atoms with E-state index < -0.39 is 0 Å². The summed E-state index contributed by atoms with van der Waals surface area (Å²) in [5.74, 6) is 0. The van der Waals surface area contributed by atoms with Crippen LogP contribution in [-0.2, 0) is 0 Å². The minimum absolute atomic E-state index is 0.726. The Labute approximate surface area is 151 Å². The summed E-state index contributed by atoms with van der Waals surface area (Å²) in [5, 5.41) is 0. The van der Waals surface area contributed by atoms with Crippen LogP contribution in [0, 0.1) is 0 Å². The molecule has 0 spiro atoms. The number of hydrogen-bond acceptors (Lipinski definition) is 2. The van der Waals surface area contributed by atoms with Gasteiger partial charge in [0.15, 0.2) is 0 Å². The van der Waals surface area contributed by atoms with E-state index in [0.29, 0.717) is 0 Å². The molecular formula is C23H28N2. The van der Waals surface area contributed by atoms with Crippen molar-refractivity contribution in [2.75, 3.05) is 33.2 Å². The molecule has 2 fully saturated rings. The van der Waals surface area contributed by atoms with Crippen LogP contribution < -0.4 is 0 Å². The molecule has 130 valence electrons. The van der Waals surface area contributed by atoms with E-state index in [1.54, 1.807) is 5.57 Å². The van der Waals surface area contributed by atoms with E-state index >= 15 is 0 Å². The first-order valence-corrected chi connectivity index (χ1v) is 9.57. The molecule has 25 heavy (non-hydrogen) atoms. The van der Waals surface area contributed by atoms with Crippen LogP contribution in [0.1, 0.15) is 30.4 Å². The quantitative estimate of drug-likeness (QED) is 0.809. The molecule has 0 amide bonds. The topological polar surface area (TPSA) is 6.48 Å². The van der Waals surface area contributed by atoms with Crippen molar-refractivity contribution in [3.63, 3.8) is 0 Å². The van der Waals surface area contributed by atoms with Crippen molar-refractivity contribution < 1.29 is 0 Å². The lowest BCUT2D eigenvalue weighted by atomic mass is 9.92. The monoisotopic (exact) mass is 332 g/mol. The van der Waals surface area contributed by atoms with Crippen molar-refractivity contribution in [1.29, 1.82) is 0 Å². The van der Waals surface area contributed by atoms with Crippen molar-refractivity contribution in [2.24, 2.45) is 0 Å². The number of hydrogen-bond donors (Lipinski definition) is 0. The molecule has 0 radical (unpaired) electrons. The van der Waals surface area contributed by atoms with Gasteiger partial charge in [-0.2, -0.15) is 0 Å². The second-order valence-corrected chi connectivity index (χ2v) is 7.53. The van der Waals surface area contributed by atoms with Crippen LogP contribution in [0.2, 0.25) is 0 Å². The van der Waals surface area contributed by atoms with Crippen LogP contribution in [0.4, 0.5) is 0 Å². The zero-order chi connectivity index (χ0) is 17.1. The Morgan fingerprint density at radius 3 is 2.12 bits per heavy atom. The summed E-state index contributed by atoms with van der Waals surface area (Å²) >= 11 is 0. The molecule has 2 aromatic carbocycles. The Kier molecular flexibility index (Phi) is 5.00. The van der Waals surface area contributed by atoms with Crippen molar-refractivity contribution in [2.45, 2.75) is 25.3 Å². The fourth-order valence-corrected chi connectivity index (χ4v) is 4.46. The summed E-state index contributed by atoms with van der Waals surface area (Å²) in [6.07, 6.45) is 4.08. The molecule has 2 heterocycles. The van der Waals surface area contributed by atoms with E-state index in [4.69, 9.17) is 0 Å². The molecule has 2 saturated heterocycles. The fourth-order valence-electron chi connectivity index (χ4n) is 4.46. The van der Waals surface area contributed by atoms with Crippen molar-refractivity contribution in [1.82, 2.24) is 9.80 Å². The molecular weight excluding hydrogens is 304 g/mol. The summed E-state index contributed by atoms with van der Waals surface area (Å²) < 4.78 is 0. The van der Waals surface area contributed by atoms with Gasteiger partial charge in [0, 0.05) is 25.7 Å². The number of nitrogens with zero attached hydrogens (tertiary/aromatic N) is 2. The molecule has 0 aliphatic carbocycles. The van der Waals surface area contributed by atoms with E-state index in [-0.39, 0.29) is 0 Å². The van der Waals surface area contributed by atoms with Crippen LogP contribution in [-0.4, -0.2) is 49.1 Å². The zero-order valence-electron chi connectivity index (χ0n) is 15.2. The van der Waals surface area contributed by atoms with Gasteiger partial charge in [0.05, 0.1) is 0 Å². The lowest BCUT2D eigenvalue weighted by Gasteiger charge is -2.35. The highest BCUT2D eigenvalue weighted by molar-refractivity contribution is 5.82. The van der Waals surface area contributed by atoms with Gasteiger partial charge >= 0.3 is 0 Å². The Morgan fingerprint density at radius 2 is 1.48 bits per heavy atom. The minimum atomic E-state index is 0.726. The third-order valence-electron chi connectivity index (χ3n) is 5.60. The maximum atomic E-state index is 2.73. The average molecular weight is 332 g/mol. The molecule has 0 saturated carbocycles. The summed E-state index contributed by atoms with van der Waals surface area (Å²) in [5.41, 5.74) is 5.67. The first kappa shape index (κ1) is 16.6. The fraction of sp³-hybridized carbons (Fsp3) is 0.391. The van der Waals surface area contributed by atoms with Gasteiger partial charge in [0.1, 0.15) is 0 Å². The van der Waals surface area contributed by atoms with Crippen LogP contribution in [0.25, 0.3) is 5.57 Å². The molecule has 1 unspecified atom stereocenters. The van der Waals surface area contributed by atoms with Crippen molar-refractivity contribution in [3.05, 3.63) is 77.4 Å². The molecule has 2 aliphatic heterocycles. The predicted molar refractivity (Wildman–Crippen MR) is 106 cm³/mol. The smallest absolute Gasteiger partial charge is 0.0226 e. The number of piperidine rings is 1. The molecule has 2 heteroatoms. The van der Waals surface area contributed by atoms with Crippen molar-refractivity contribution >= 4 is 5.57 Å². The molecule has 2 aromatic rings. The number of benzene rings is 2. The maximum Gasteiger partial charge on any atom is 0.0226 e. The maximum absolute atomic E-state index is 2.73. The molecule has 4 rings (SSSR count). The lowest BCUT2D eigenvalue weighted by Crippen LogP contribution is -2.43. The highest BCUT2D eigenvalue weighted by Gasteiger charge is 2.29. The minimum Gasteiger partial charge on any atom is -0.301 e. The second-order valence-electron chi connectivity index (χ2n) is 7.53. The Hall–Kier alpha value is -1.90. The van der Waals surface area contributed by atoms with Gasteiger partial charge in [-0.3, -0.25) is 4.90 Å². The van der Waals surface area contributed by atoms with Gasteiger partial charge in [-0.1, -0.05) is 67.1 Å². The van der Waals surface area contributed by atoms with Gasteiger partial charge < -0.3 is 4.90 Å². The number of likely N-dealkylation sites (N-methyl/N-ethyl adjacent to an activating group) is 1. The molecule has 1 atom stereocenters. The standard InChI is InChI=1S/C23H28N2/c1-24-16-21(17-25-15-9-8-14-22(25)18-24)23(19-10-4-2-5-11-19)20-12-6-3-7-13-20/h2-7,10-13,22H,8-9,14-18H2,1H3. The summed E-state index contributed by atoms with van der Waals surface area (Å²) in [7, 11) is 2.28. The van der Waals surface area contributed by atoms with Gasteiger partial charge in [0.2, 0.25) is 0 Å². The normalized spacial score (nSPS) is 22.3. The van der Waals surface area contributed by atoms with E-state index in [9.17, 15) is 0 Å². The van der Waals surface area contributed by atoms with Crippen LogP contribution >= 0.6 is 0 Å². The van der Waals surface area contributed by atoms with E-state index in [0.717, 1.165) is 19.1 Å². The predicted octanol–water partition coefficient (Wildman–Crippen LogP) is 4.29. The van der Waals surface area contributed by atoms with Crippen LogP contribution in [0.15, 0.2) is 66.2 Å². The lowest BCUT2D eigenvalue weighted by molar-refractivity contribution is 0.147. The van der Waals surface area contributed by atoms with Crippen molar-refractivity contribution in [3.8, 4) is 0 Å². The van der Waals surface area contributed by atoms with E-state index in [2.05, 4.69) is 77.5 Å². The Balaban J connectivity index is 1.81. The van der Waals surface area contributed by atoms with Crippen LogP contribution in [0.3, 0.4) is 0 Å². The van der Waals surface area contributed by atoms with E-state index in [1.165, 1.54) is 49.1 Å². The molecule has 2 aliphatic rings. The third-order valence-corrected chi connectivity index (χ3v) is 5.60. The molecule has 0 bridgehead atoms. The Morgan fingerprint density at radius 1 is 0.840 bits per heavy atom. The number of rotatable bonds is 2. The van der Waals surface area contributed by atoms with Gasteiger partial charge in [-0.25, -0.2) is 0 Å². The van der Waals surface area contributed by atoms with Crippen LogP contribution in [0.5, 0.6) is 0 Å². The third kappa shape index (κ3) is 3.70. The molecule has 2 nitrogen and oxygen atoms in total. The summed E-state index contributed by atoms with van der Waals surface area (Å²) in [6, 6.07) is 22.6. The summed E-state index contributed by atoms with van der Waals surface area (Å²) in [4.78, 5) is 5.26. The highest BCUT2D eigenvalue weighted by Crippen LogP contribution is 2.31. The molecule has 0 N–H and O–H groups in total. The van der Waals surface area contributed by atoms with Gasteiger partial charge in [-0.15, -0.1) is 0 Å². The largest absolute Gasteiger partial charge is 0.301 e. The SMILES string of the molecule is CN1CC(=C(c2ccccc2)c2ccccc2)CN2CCCCC2C1. The average Bonchev–Trinajstić information content (AvgIpc) is 2.81. The summed E-state index contributed by atoms with van der Waals surface area (Å²) in [6.45, 7) is 4.61. The zero-order valence-corrected chi connectivity index (χ0v) is 15.2. The van der Waals surface area contributed by atoms with Gasteiger partial charge in [-0.05, 0) is 48.7 Å². The first-order valence-electron chi connectivity index (χ1n) is 9.57. The van der Waals surface area contributed by atoms with Gasteiger partial charge in [0.25, 0.3) is 0 Å². The molecule has 0 aromatic heterocycles. The first-order chi connectivity index (χ1) is 12.3. The number of fused-ring (bicyclic) bond motifs is 1. The second kappa shape index (κ2) is 7.55. The Bertz CT molecular complexity index is 679. The van der Waals surface area contributed by atoms with E-state index in [1.807, 2.05) is 0 Å². The highest BCUT2D eigenvalue weighted by atomic mass is 15.2.